The molecule has 0 saturated heterocycles. The minimum absolute atomic E-state index is 0.499. The summed E-state index contributed by atoms with van der Waals surface area (Å²) in [5.41, 5.74) is 2.99. The van der Waals surface area contributed by atoms with Crippen LogP contribution in [0.1, 0.15) is 39.9 Å². The summed E-state index contributed by atoms with van der Waals surface area (Å²) in [7, 11) is 0. The lowest BCUT2D eigenvalue weighted by atomic mass is 9.88. The predicted molar refractivity (Wildman–Crippen MR) is 75.8 cm³/mol. The van der Waals surface area contributed by atoms with E-state index in [1.54, 1.807) is 11.3 Å². The zero-order chi connectivity index (χ0) is 12.4. The third-order valence-electron chi connectivity index (χ3n) is 3.54. The molecule has 1 atom stereocenters. The molecule has 3 rings (SSSR count). The first-order valence-electron chi connectivity index (χ1n) is 6.55. The first kappa shape index (κ1) is 11.9. The van der Waals surface area contributed by atoms with E-state index in [2.05, 4.69) is 41.5 Å². The largest absolute Gasteiger partial charge is 0.304 e. The summed E-state index contributed by atoms with van der Waals surface area (Å²) in [6.45, 7) is 2.99. The van der Waals surface area contributed by atoms with Gasteiger partial charge in [-0.2, -0.15) is 0 Å². The highest BCUT2D eigenvalue weighted by atomic mass is 32.1. The van der Waals surface area contributed by atoms with Gasteiger partial charge in [0.05, 0.1) is 0 Å². The van der Waals surface area contributed by atoms with E-state index in [1.165, 1.54) is 40.3 Å². The summed E-state index contributed by atoms with van der Waals surface area (Å²) >= 11 is 1.78. The average Bonchev–Trinajstić information content (AvgIpc) is 2.82. The highest BCUT2D eigenvalue weighted by Gasteiger charge is 2.19. The Morgan fingerprint density at radius 1 is 1.39 bits per heavy atom. The van der Waals surface area contributed by atoms with Crippen molar-refractivity contribution in [1.29, 1.82) is 0 Å². The SMILES string of the molecule is Cc1cnc(CNC2CCCc3ccccc32)s1. The molecule has 1 N–H and O–H groups in total. The number of benzene rings is 1. The Morgan fingerprint density at radius 2 is 2.28 bits per heavy atom. The fourth-order valence-electron chi connectivity index (χ4n) is 2.66. The molecule has 0 spiro atoms. The molecule has 0 radical (unpaired) electrons. The van der Waals surface area contributed by atoms with Crippen molar-refractivity contribution in [2.75, 3.05) is 0 Å². The van der Waals surface area contributed by atoms with Crippen LogP contribution >= 0.6 is 11.3 Å². The van der Waals surface area contributed by atoms with Crippen molar-refractivity contribution < 1.29 is 0 Å². The van der Waals surface area contributed by atoms with Crippen LogP contribution in [0.15, 0.2) is 30.5 Å². The summed E-state index contributed by atoms with van der Waals surface area (Å²) in [6.07, 6.45) is 5.70. The van der Waals surface area contributed by atoms with E-state index in [0.717, 1.165) is 6.54 Å². The second kappa shape index (κ2) is 5.21. The number of hydrogen-bond acceptors (Lipinski definition) is 3. The molecule has 0 aliphatic heterocycles. The number of rotatable bonds is 3. The molecule has 1 aliphatic rings. The molecule has 1 heterocycles. The predicted octanol–water partition coefficient (Wildman–Crippen LogP) is 3.62. The van der Waals surface area contributed by atoms with Gasteiger partial charge in [-0.15, -0.1) is 11.3 Å². The molecular formula is C15H18N2S. The Balaban J connectivity index is 1.71. The van der Waals surface area contributed by atoms with Gasteiger partial charge in [0, 0.05) is 23.7 Å². The van der Waals surface area contributed by atoms with Crippen molar-refractivity contribution in [1.82, 2.24) is 10.3 Å². The van der Waals surface area contributed by atoms with Gasteiger partial charge in [-0.25, -0.2) is 4.98 Å². The lowest BCUT2D eigenvalue weighted by Gasteiger charge is -2.26. The number of thiazole rings is 1. The zero-order valence-electron chi connectivity index (χ0n) is 10.6. The van der Waals surface area contributed by atoms with Crippen molar-refractivity contribution in [3.63, 3.8) is 0 Å². The molecule has 94 valence electrons. The van der Waals surface area contributed by atoms with Crippen molar-refractivity contribution in [2.24, 2.45) is 0 Å². The van der Waals surface area contributed by atoms with Gasteiger partial charge < -0.3 is 5.32 Å². The van der Waals surface area contributed by atoms with E-state index in [4.69, 9.17) is 0 Å². The second-order valence-corrected chi connectivity index (χ2v) is 6.21. The van der Waals surface area contributed by atoms with Gasteiger partial charge in [-0.3, -0.25) is 0 Å². The lowest BCUT2D eigenvalue weighted by Crippen LogP contribution is -2.24. The number of hydrogen-bond donors (Lipinski definition) is 1. The number of aromatic nitrogens is 1. The first-order chi connectivity index (χ1) is 8.83. The van der Waals surface area contributed by atoms with Crippen molar-refractivity contribution >= 4 is 11.3 Å². The topological polar surface area (TPSA) is 24.9 Å². The summed E-state index contributed by atoms with van der Waals surface area (Å²) in [5.74, 6) is 0. The standard InChI is InChI=1S/C15H18N2S/c1-11-9-17-15(18-11)10-16-14-8-4-6-12-5-2-3-7-13(12)14/h2-3,5,7,9,14,16H,4,6,8,10H2,1H3. The summed E-state index contributed by atoms with van der Waals surface area (Å²) in [5, 5.41) is 4.85. The third kappa shape index (κ3) is 2.47. The monoisotopic (exact) mass is 258 g/mol. The van der Waals surface area contributed by atoms with Crippen molar-refractivity contribution in [3.8, 4) is 0 Å². The van der Waals surface area contributed by atoms with Gasteiger partial charge in [-0.05, 0) is 37.3 Å². The van der Waals surface area contributed by atoms with Crippen LogP contribution in [0.3, 0.4) is 0 Å². The minimum atomic E-state index is 0.499. The number of fused-ring (bicyclic) bond motifs is 1. The van der Waals surface area contributed by atoms with Crippen LogP contribution < -0.4 is 5.32 Å². The van der Waals surface area contributed by atoms with Crippen LogP contribution in [-0.2, 0) is 13.0 Å². The Labute approximate surface area is 112 Å². The van der Waals surface area contributed by atoms with Crippen LogP contribution in [0, 0.1) is 6.92 Å². The van der Waals surface area contributed by atoms with Gasteiger partial charge in [0.2, 0.25) is 0 Å². The third-order valence-corrected chi connectivity index (χ3v) is 4.45. The van der Waals surface area contributed by atoms with Gasteiger partial charge in [0.25, 0.3) is 0 Å². The van der Waals surface area contributed by atoms with Crippen molar-refractivity contribution in [2.45, 2.75) is 38.8 Å². The molecule has 1 aromatic heterocycles. The Kier molecular flexibility index (Phi) is 3.43. The van der Waals surface area contributed by atoms with Crippen LogP contribution in [0.5, 0.6) is 0 Å². The van der Waals surface area contributed by atoms with Gasteiger partial charge >= 0.3 is 0 Å². The molecule has 0 saturated carbocycles. The maximum atomic E-state index is 4.41. The molecule has 2 nitrogen and oxygen atoms in total. The summed E-state index contributed by atoms with van der Waals surface area (Å²) in [6, 6.07) is 9.31. The number of nitrogens with one attached hydrogen (secondary N) is 1. The number of aryl methyl sites for hydroxylation is 2. The average molecular weight is 258 g/mol. The normalized spacial score (nSPS) is 18.6. The van der Waals surface area contributed by atoms with E-state index in [9.17, 15) is 0 Å². The van der Waals surface area contributed by atoms with E-state index >= 15 is 0 Å². The highest BCUT2D eigenvalue weighted by molar-refractivity contribution is 7.11. The lowest BCUT2D eigenvalue weighted by molar-refractivity contribution is 0.458. The molecule has 3 heteroatoms. The fourth-order valence-corrected chi connectivity index (χ4v) is 3.40. The van der Waals surface area contributed by atoms with E-state index in [0.29, 0.717) is 6.04 Å². The maximum absolute atomic E-state index is 4.41. The molecule has 1 unspecified atom stereocenters. The van der Waals surface area contributed by atoms with E-state index in [-0.39, 0.29) is 0 Å². The Hall–Kier alpha value is -1.19. The molecule has 18 heavy (non-hydrogen) atoms. The maximum Gasteiger partial charge on any atom is 0.107 e. The molecule has 2 aromatic rings. The summed E-state index contributed by atoms with van der Waals surface area (Å²) < 4.78 is 0. The molecule has 0 bridgehead atoms. The molecule has 0 fully saturated rings. The smallest absolute Gasteiger partial charge is 0.107 e. The Bertz CT molecular complexity index is 533. The van der Waals surface area contributed by atoms with Gasteiger partial charge in [0.1, 0.15) is 5.01 Å². The van der Waals surface area contributed by atoms with Gasteiger partial charge in [0.15, 0.2) is 0 Å². The molecule has 0 amide bonds. The van der Waals surface area contributed by atoms with Crippen LogP contribution in [0.25, 0.3) is 0 Å². The quantitative estimate of drug-likeness (QED) is 0.909. The number of nitrogens with zero attached hydrogens (tertiary/aromatic N) is 1. The molecule has 1 aromatic carbocycles. The minimum Gasteiger partial charge on any atom is -0.304 e. The highest BCUT2D eigenvalue weighted by Crippen LogP contribution is 2.29. The van der Waals surface area contributed by atoms with Crippen LogP contribution in [-0.4, -0.2) is 4.98 Å². The van der Waals surface area contributed by atoms with Crippen molar-refractivity contribution in [3.05, 3.63) is 51.5 Å². The Morgan fingerprint density at radius 3 is 3.11 bits per heavy atom. The zero-order valence-corrected chi connectivity index (χ0v) is 11.5. The molecule has 1 aliphatic carbocycles. The first-order valence-corrected chi connectivity index (χ1v) is 7.37. The van der Waals surface area contributed by atoms with Crippen LogP contribution in [0.4, 0.5) is 0 Å². The summed E-state index contributed by atoms with van der Waals surface area (Å²) in [4.78, 5) is 5.70. The van der Waals surface area contributed by atoms with Crippen LogP contribution in [0.2, 0.25) is 0 Å². The van der Waals surface area contributed by atoms with Gasteiger partial charge in [-0.1, -0.05) is 24.3 Å². The second-order valence-electron chi connectivity index (χ2n) is 4.89. The fraction of sp³-hybridized carbons (Fsp3) is 0.400. The van der Waals surface area contributed by atoms with E-state index < -0.39 is 0 Å². The van der Waals surface area contributed by atoms with E-state index in [1.807, 2.05) is 6.20 Å². The molecular weight excluding hydrogens is 240 g/mol.